The minimum absolute atomic E-state index is 0.0274. The topological polar surface area (TPSA) is 59.0 Å². The summed E-state index contributed by atoms with van der Waals surface area (Å²) in [5.74, 6) is 0.763. The van der Waals surface area contributed by atoms with Crippen LogP contribution in [0, 0.1) is 0 Å². The number of rotatable bonds is 6. The summed E-state index contributed by atoms with van der Waals surface area (Å²) in [4.78, 5) is 14.1. The zero-order valence-electron chi connectivity index (χ0n) is 14.2. The van der Waals surface area contributed by atoms with Crippen LogP contribution in [0.5, 0.6) is 5.75 Å². The third kappa shape index (κ3) is 5.52. The van der Waals surface area contributed by atoms with Crippen molar-refractivity contribution in [3.05, 3.63) is 30.3 Å². The lowest BCUT2D eigenvalue weighted by Crippen LogP contribution is -2.56. The van der Waals surface area contributed by atoms with Gasteiger partial charge in [-0.15, -0.1) is 0 Å². The number of carbonyl (C=O) groups is 1. The van der Waals surface area contributed by atoms with E-state index in [9.17, 15) is 9.90 Å². The summed E-state index contributed by atoms with van der Waals surface area (Å²) < 4.78 is 11.8. The fraction of sp³-hybridized carbons (Fsp3) is 0.611. The van der Waals surface area contributed by atoms with Gasteiger partial charge in [0, 0.05) is 6.54 Å². The summed E-state index contributed by atoms with van der Waals surface area (Å²) in [6, 6.07) is 9.57. The highest BCUT2D eigenvalue weighted by Crippen LogP contribution is 2.23. The van der Waals surface area contributed by atoms with Gasteiger partial charge in [-0.3, -0.25) is 4.79 Å². The van der Waals surface area contributed by atoms with Gasteiger partial charge in [0.05, 0.1) is 24.7 Å². The van der Waals surface area contributed by atoms with Gasteiger partial charge in [-0.1, -0.05) is 25.1 Å². The molecule has 0 aromatic heterocycles. The van der Waals surface area contributed by atoms with Crippen molar-refractivity contribution in [2.24, 2.45) is 0 Å². The molecule has 1 N–H and O–H groups in total. The molecular weight excluding hydrogens is 294 g/mol. The zero-order valence-corrected chi connectivity index (χ0v) is 14.2. The molecule has 0 radical (unpaired) electrons. The van der Waals surface area contributed by atoms with Gasteiger partial charge in [0.1, 0.15) is 18.5 Å². The van der Waals surface area contributed by atoms with Gasteiger partial charge in [0.15, 0.2) is 0 Å². The molecule has 1 amide bonds. The van der Waals surface area contributed by atoms with Crippen molar-refractivity contribution in [3.8, 4) is 5.75 Å². The second-order valence-corrected chi connectivity index (χ2v) is 6.66. The Kier molecular flexibility index (Phi) is 6.02. The highest BCUT2D eigenvalue weighted by atomic mass is 16.5. The van der Waals surface area contributed by atoms with Crippen molar-refractivity contribution in [3.63, 3.8) is 0 Å². The highest BCUT2D eigenvalue weighted by Gasteiger charge is 2.36. The summed E-state index contributed by atoms with van der Waals surface area (Å²) in [5, 5.41) is 9.70. The molecule has 0 unspecified atom stereocenters. The van der Waals surface area contributed by atoms with Crippen LogP contribution in [-0.4, -0.2) is 53.4 Å². The number of nitrogens with zero attached hydrogens (tertiary/aromatic N) is 1. The van der Waals surface area contributed by atoms with Gasteiger partial charge in [-0.05, 0) is 32.4 Å². The Morgan fingerprint density at radius 1 is 1.43 bits per heavy atom. The smallest absolute Gasteiger partial charge is 0.225 e. The number of aliphatic hydroxyl groups excluding tert-OH is 1. The monoisotopic (exact) mass is 321 g/mol. The molecule has 0 saturated carbocycles. The Bertz CT molecular complexity index is 503. The number of ether oxygens (including phenoxy) is 2. The molecule has 1 aromatic carbocycles. The van der Waals surface area contributed by atoms with E-state index in [1.807, 2.05) is 51.1 Å². The van der Waals surface area contributed by atoms with E-state index in [1.54, 1.807) is 4.90 Å². The molecule has 0 bridgehead atoms. The molecule has 23 heavy (non-hydrogen) atoms. The Morgan fingerprint density at radius 3 is 2.78 bits per heavy atom. The van der Waals surface area contributed by atoms with Gasteiger partial charge in [0.25, 0.3) is 0 Å². The first-order valence-corrected chi connectivity index (χ1v) is 8.21. The number of benzene rings is 1. The van der Waals surface area contributed by atoms with E-state index in [4.69, 9.17) is 9.47 Å². The molecule has 1 aliphatic rings. The van der Waals surface area contributed by atoms with E-state index < -0.39 is 11.7 Å². The predicted molar refractivity (Wildman–Crippen MR) is 88.4 cm³/mol. The first kappa shape index (κ1) is 17.8. The van der Waals surface area contributed by atoms with Crippen LogP contribution in [0.3, 0.4) is 0 Å². The molecule has 1 saturated heterocycles. The SMILES string of the molecule is CC[C@H](O)CC(=O)N1C[C@H](COc2ccccc2)OC(C)(C)C1. The lowest BCUT2D eigenvalue weighted by atomic mass is 10.0. The summed E-state index contributed by atoms with van der Waals surface area (Å²) in [6.45, 7) is 7.23. The zero-order chi connectivity index (χ0) is 16.9. The van der Waals surface area contributed by atoms with Crippen LogP contribution in [0.2, 0.25) is 0 Å². The molecule has 1 heterocycles. The molecule has 0 aliphatic carbocycles. The molecule has 1 fully saturated rings. The van der Waals surface area contributed by atoms with Crippen LogP contribution in [0.15, 0.2) is 30.3 Å². The number of hydrogen-bond donors (Lipinski definition) is 1. The van der Waals surface area contributed by atoms with Crippen molar-refractivity contribution in [1.29, 1.82) is 0 Å². The van der Waals surface area contributed by atoms with Crippen molar-refractivity contribution >= 4 is 5.91 Å². The summed E-state index contributed by atoms with van der Waals surface area (Å²) in [7, 11) is 0. The summed E-state index contributed by atoms with van der Waals surface area (Å²) in [6.07, 6.45) is -0.00654. The molecule has 2 atom stereocenters. The Labute approximate surface area is 138 Å². The second-order valence-electron chi connectivity index (χ2n) is 6.66. The number of para-hydroxylation sites is 1. The van der Waals surface area contributed by atoms with E-state index in [2.05, 4.69) is 0 Å². The van der Waals surface area contributed by atoms with Gasteiger partial charge in [-0.2, -0.15) is 0 Å². The molecule has 0 spiro atoms. The van der Waals surface area contributed by atoms with Gasteiger partial charge >= 0.3 is 0 Å². The van der Waals surface area contributed by atoms with Gasteiger partial charge < -0.3 is 19.5 Å². The molecule has 5 nitrogen and oxygen atoms in total. The van der Waals surface area contributed by atoms with Crippen molar-refractivity contribution in [2.45, 2.75) is 51.4 Å². The lowest BCUT2D eigenvalue weighted by molar-refractivity contribution is -0.166. The van der Waals surface area contributed by atoms with Crippen LogP contribution in [0.25, 0.3) is 0 Å². The van der Waals surface area contributed by atoms with Gasteiger partial charge in [0.2, 0.25) is 5.91 Å². The number of amides is 1. The first-order chi connectivity index (χ1) is 10.9. The number of carbonyl (C=O) groups excluding carboxylic acids is 1. The lowest BCUT2D eigenvalue weighted by Gasteiger charge is -2.42. The van der Waals surface area contributed by atoms with E-state index in [0.717, 1.165) is 5.75 Å². The fourth-order valence-corrected chi connectivity index (χ4v) is 2.75. The molecule has 1 aromatic rings. The quantitative estimate of drug-likeness (QED) is 0.873. The van der Waals surface area contributed by atoms with E-state index in [1.165, 1.54) is 0 Å². The molecule has 2 rings (SSSR count). The molecule has 5 heteroatoms. The Balaban J connectivity index is 1.94. The Morgan fingerprint density at radius 2 is 2.13 bits per heavy atom. The largest absolute Gasteiger partial charge is 0.491 e. The maximum Gasteiger partial charge on any atom is 0.225 e. The third-order valence-corrected chi connectivity index (χ3v) is 3.89. The number of morpholine rings is 1. The molecule has 128 valence electrons. The van der Waals surface area contributed by atoms with Crippen LogP contribution in [0.4, 0.5) is 0 Å². The Hall–Kier alpha value is -1.59. The average Bonchev–Trinajstić information content (AvgIpc) is 2.52. The van der Waals surface area contributed by atoms with Crippen LogP contribution < -0.4 is 4.74 Å². The van der Waals surface area contributed by atoms with Crippen molar-refractivity contribution < 1.29 is 19.4 Å². The number of hydrogen-bond acceptors (Lipinski definition) is 4. The summed E-state index contributed by atoms with van der Waals surface area (Å²) in [5.41, 5.74) is -0.421. The predicted octanol–water partition coefficient (Wildman–Crippen LogP) is 2.23. The molecule has 1 aliphatic heterocycles. The van der Waals surface area contributed by atoms with Crippen LogP contribution in [-0.2, 0) is 9.53 Å². The van der Waals surface area contributed by atoms with Gasteiger partial charge in [-0.25, -0.2) is 0 Å². The van der Waals surface area contributed by atoms with Crippen LogP contribution in [0.1, 0.15) is 33.6 Å². The average molecular weight is 321 g/mol. The fourth-order valence-electron chi connectivity index (χ4n) is 2.75. The van der Waals surface area contributed by atoms with E-state index in [-0.39, 0.29) is 18.4 Å². The second kappa shape index (κ2) is 7.79. The maximum absolute atomic E-state index is 12.3. The van der Waals surface area contributed by atoms with E-state index >= 15 is 0 Å². The standard InChI is InChI=1S/C18H27NO4/c1-4-14(20)10-17(21)19-11-16(23-18(2,3)13-19)12-22-15-8-6-5-7-9-15/h5-9,14,16,20H,4,10-13H2,1-3H3/t14-,16+/m0/s1. The minimum atomic E-state index is -0.576. The van der Waals surface area contributed by atoms with Crippen LogP contribution >= 0.6 is 0 Å². The molecular formula is C18H27NO4. The number of aliphatic hydroxyl groups is 1. The van der Waals surface area contributed by atoms with Crippen molar-refractivity contribution in [1.82, 2.24) is 4.90 Å². The normalized spacial score (nSPS) is 21.7. The minimum Gasteiger partial charge on any atom is -0.491 e. The van der Waals surface area contributed by atoms with E-state index in [0.29, 0.717) is 26.1 Å². The van der Waals surface area contributed by atoms with Crippen molar-refractivity contribution in [2.75, 3.05) is 19.7 Å². The highest BCUT2D eigenvalue weighted by molar-refractivity contribution is 5.77. The maximum atomic E-state index is 12.3. The third-order valence-electron chi connectivity index (χ3n) is 3.89. The summed E-state index contributed by atoms with van der Waals surface area (Å²) >= 11 is 0. The first-order valence-electron chi connectivity index (χ1n) is 8.21.